The molecule has 0 amide bonds. The van der Waals surface area contributed by atoms with E-state index in [1.54, 1.807) is 0 Å². The van der Waals surface area contributed by atoms with Crippen LogP contribution < -0.4 is 29.6 Å². The standard InChI is InChI=1S/Ca.Na.H2O.S/h;;1H2;/q+2;+1;;-2/p-1. The molecular weight excluding hydrogens is 111 g/mol. The normalized spacial score (nSPS) is 0. The Balaban J connectivity index is 0. The van der Waals surface area contributed by atoms with Crippen LogP contribution in [0.1, 0.15) is 0 Å². The second-order valence-corrected chi connectivity index (χ2v) is 0. The first-order valence-electron chi connectivity index (χ1n) is 0. The van der Waals surface area contributed by atoms with Crippen LogP contribution in [0.2, 0.25) is 0 Å². The molecule has 1 nitrogen and oxygen atoms in total. The van der Waals surface area contributed by atoms with E-state index in [0.717, 1.165) is 0 Å². The Morgan fingerprint density at radius 3 is 1.00 bits per heavy atom. The van der Waals surface area contributed by atoms with Crippen molar-refractivity contribution in [2.24, 2.45) is 0 Å². The first-order valence-corrected chi connectivity index (χ1v) is 0. The average molecular weight is 112 g/mol. The van der Waals surface area contributed by atoms with Gasteiger partial charge in [-0.05, 0) is 0 Å². The van der Waals surface area contributed by atoms with E-state index in [1.165, 1.54) is 0 Å². The van der Waals surface area contributed by atoms with Crippen molar-refractivity contribution in [1.29, 1.82) is 0 Å². The van der Waals surface area contributed by atoms with Gasteiger partial charge in [0.25, 0.3) is 0 Å². The molecule has 16 valence electrons. The summed E-state index contributed by atoms with van der Waals surface area (Å²) in [5.74, 6) is 0. The largest absolute Gasteiger partial charge is 2.00 e. The Bertz CT molecular complexity index is 8.00. The zero-order valence-corrected chi connectivity index (χ0v) is 7.59. The quantitative estimate of drug-likeness (QED) is 0.298. The number of hydrogen-bond acceptors (Lipinski definition) is 1. The summed E-state index contributed by atoms with van der Waals surface area (Å²) in [6, 6.07) is 0. The van der Waals surface area contributed by atoms with Gasteiger partial charge in [-0.25, -0.2) is 0 Å². The Labute approximate surface area is 84.6 Å². The zero-order chi connectivity index (χ0) is 0. The summed E-state index contributed by atoms with van der Waals surface area (Å²) in [5.41, 5.74) is 0. The summed E-state index contributed by atoms with van der Waals surface area (Å²) in [7, 11) is 0. The van der Waals surface area contributed by atoms with Crippen molar-refractivity contribution in [3.05, 3.63) is 0 Å². The van der Waals surface area contributed by atoms with Gasteiger partial charge in [0.1, 0.15) is 0 Å². The summed E-state index contributed by atoms with van der Waals surface area (Å²) >= 11 is 0. The molecule has 0 aromatic heterocycles. The van der Waals surface area contributed by atoms with E-state index in [0.29, 0.717) is 0 Å². The molecule has 0 atom stereocenters. The molecule has 0 aromatic carbocycles. The van der Waals surface area contributed by atoms with E-state index in [2.05, 4.69) is 0 Å². The predicted molar refractivity (Wildman–Crippen MR) is 15.1 cm³/mol. The molecule has 4 heavy (non-hydrogen) atoms. The molecule has 0 aliphatic heterocycles. The summed E-state index contributed by atoms with van der Waals surface area (Å²) in [6.07, 6.45) is 0. The van der Waals surface area contributed by atoms with Crippen LogP contribution in [0.5, 0.6) is 0 Å². The maximum atomic E-state index is 0. The molecule has 0 saturated carbocycles. The average Bonchev–Trinajstić information content (AvgIpc) is 0. The first kappa shape index (κ1) is 30.9. The summed E-state index contributed by atoms with van der Waals surface area (Å²) in [6.45, 7) is 0. The molecule has 0 aliphatic rings. The number of rotatable bonds is 0. The Morgan fingerprint density at radius 2 is 1.00 bits per heavy atom. The van der Waals surface area contributed by atoms with E-state index in [-0.39, 0.29) is 86.3 Å². The monoisotopic (exact) mass is 112 g/mol. The Kier molecular flexibility index (Phi) is 136. The molecule has 0 heterocycles. The van der Waals surface area contributed by atoms with Crippen molar-refractivity contribution < 1.29 is 35.0 Å². The van der Waals surface area contributed by atoms with Crippen molar-refractivity contribution in [2.75, 3.05) is 0 Å². The molecule has 0 aliphatic carbocycles. The van der Waals surface area contributed by atoms with Gasteiger partial charge < -0.3 is 19.0 Å². The SMILES string of the molecule is [Ca+2].[Na+].[OH-].[S-2]. The van der Waals surface area contributed by atoms with E-state index in [9.17, 15) is 0 Å². The zero-order valence-electron chi connectivity index (χ0n) is 2.56. The third kappa shape index (κ3) is 8.82. The van der Waals surface area contributed by atoms with Gasteiger partial charge >= 0.3 is 67.3 Å². The second-order valence-electron chi connectivity index (χ2n) is 0. The van der Waals surface area contributed by atoms with Crippen LogP contribution >= 0.6 is 0 Å². The molecule has 0 radical (unpaired) electrons. The summed E-state index contributed by atoms with van der Waals surface area (Å²) in [4.78, 5) is 0. The smallest absolute Gasteiger partial charge is 2.00 e. The van der Waals surface area contributed by atoms with E-state index < -0.39 is 0 Å². The molecule has 0 aromatic rings. The van der Waals surface area contributed by atoms with Crippen molar-refractivity contribution in [3.63, 3.8) is 0 Å². The fourth-order valence-electron chi connectivity index (χ4n) is 0. The fourth-order valence-corrected chi connectivity index (χ4v) is 0. The van der Waals surface area contributed by atoms with E-state index in [1.807, 2.05) is 0 Å². The minimum Gasteiger partial charge on any atom is -2.00 e. The molecule has 1 N–H and O–H groups in total. The van der Waals surface area contributed by atoms with Crippen LogP contribution in [0.15, 0.2) is 0 Å². The molecule has 4 heteroatoms. The predicted octanol–water partition coefficient (Wildman–Crippen LogP) is -3.56. The second kappa shape index (κ2) is 17.6. The molecule has 0 rings (SSSR count). The van der Waals surface area contributed by atoms with Crippen LogP contribution in [-0.2, 0) is 13.5 Å². The maximum Gasteiger partial charge on any atom is 2.00 e. The van der Waals surface area contributed by atoms with Crippen LogP contribution in [-0.4, -0.2) is 43.2 Å². The Hall–Kier alpha value is 2.57. The molecular formula is HCaNaOS. The maximum absolute atomic E-state index is 0. The van der Waals surface area contributed by atoms with Gasteiger partial charge in [0.15, 0.2) is 0 Å². The van der Waals surface area contributed by atoms with Crippen molar-refractivity contribution in [2.45, 2.75) is 0 Å². The van der Waals surface area contributed by atoms with Gasteiger partial charge in [-0.15, -0.1) is 0 Å². The van der Waals surface area contributed by atoms with Crippen LogP contribution in [0.4, 0.5) is 0 Å². The third-order valence-corrected chi connectivity index (χ3v) is 0. The topological polar surface area (TPSA) is 30.0 Å². The minimum atomic E-state index is 0. The minimum absolute atomic E-state index is 0. The van der Waals surface area contributed by atoms with Gasteiger partial charge in [-0.1, -0.05) is 0 Å². The van der Waals surface area contributed by atoms with E-state index in [4.69, 9.17) is 0 Å². The van der Waals surface area contributed by atoms with Crippen LogP contribution in [0, 0.1) is 0 Å². The van der Waals surface area contributed by atoms with Gasteiger partial charge in [-0.2, -0.15) is 0 Å². The molecule has 0 fully saturated rings. The molecule has 0 bridgehead atoms. The van der Waals surface area contributed by atoms with Crippen molar-refractivity contribution in [1.82, 2.24) is 0 Å². The number of hydrogen-bond donors (Lipinski definition) is 0. The van der Waals surface area contributed by atoms with Crippen LogP contribution in [0.25, 0.3) is 0 Å². The molecule has 0 spiro atoms. The van der Waals surface area contributed by atoms with E-state index >= 15 is 0 Å². The molecule has 0 saturated heterocycles. The molecule has 0 unspecified atom stereocenters. The van der Waals surface area contributed by atoms with Crippen molar-refractivity contribution in [3.8, 4) is 0 Å². The summed E-state index contributed by atoms with van der Waals surface area (Å²) < 4.78 is 0. The van der Waals surface area contributed by atoms with Gasteiger partial charge in [0, 0.05) is 0 Å². The fraction of sp³-hybridized carbons (Fsp3) is 0. The Morgan fingerprint density at radius 1 is 1.00 bits per heavy atom. The van der Waals surface area contributed by atoms with Gasteiger partial charge in [-0.3, -0.25) is 0 Å². The summed E-state index contributed by atoms with van der Waals surface area (Å²) in [5, 5.41) is 0. The van der Waals surface area contributed by atoms with Crippen molar-refractivity contribution >= 4 is 51.2 Å². The third-order valence-electron chi connectivity index (χ3n) is 0. The van der Waals surface area contributed by atoms with Gasteiger partial charge in [0.05, 0.1) is 0 Å². The van der Waals surface area contributed by atoms with Gasteiger partial charge in [0.2, 0.25) is 0 Å². The first-order chi connectivity index (χ1) is 0. The van der Waals surface area contributed by atoms with Crippen LogP contribution in [0.3, 0.4) is 0 Å².